The van der Waals surface area contributed by atoms with E-state index in [0.717, 1.165) is 0 Å². The number of aromatic nitrogens is 3. The molecular formula is C11H10N4O2. The molecule has 0 atom stereocenters. The third-order valence-electron chi connectivity index (χ3n) is 2.39. The third-order valence-corrected chi connectivity index (χ3v) is 2.39. The molecular weight excluding hydrogens is 220 g/mol. The molecule has 0 amide bonds. The summed E-state index contributed by atoms with van der Waals surface area (Å²) in [7, 11) is 0. The summed E-state index contributed by atoms with van der Waals surface area (Å²) in [5, 5.41) is 13.2. The van der Waals surface area contributed by atoms with Crippen molar-refractivity contribution in [1.29, 1.82) is 5.26 Å². The van der Waals surface area contributed by atoms with Gasteiger partial charge in [-0.3, -0.25) is 0 Å². The predicted molar refractivity (Wildman–Crippen MR) is 58.4 cm³/mol. The summed E-state index contributed by atoms with van der Waals surface area (Å²) in [6, 6.07) is 1.97. The minimum atomic E-state index is -0.520. The molecule has 2 heterocycles. The zero-order valence-corrected chi connectivity index (χ0v) is 9.47. The molecule has 0 radical (unpaired) electrons. The normalized spacial score (nSPS) is 10.2. The van der Waals surface area contributed by atoms with Gasteiger partial charge in [-0.05, 0) is 13.8 Å². The van der Waals surface area contributed by atoms with E-state index < -0.39 is 5.97 Å². The summed E-state index contributed by atoms with van der Waals surface area (Å²) in [6.45, 7) is 3.68. The number of nitriles is 1. The first-order chi connectivity index (χ1) is 8.20. The van der Waals surface area contributed by atoms with Crippen molar-refractivity contribution < 1.29 is 9.53 Å². The number of carbonyl (C=O) groups excluding carboxylic acids is 1. The van der Waals surface area contributed by atoms with E-state index in [9.17, 15) is 4.79 Å². The van der Waals surface area contributed by atoms with Gasteiger partial charge in [0.05, 0.1) is 18.5 Å². The van der Waals surface area contributed by atoms with Gasteiger partial charge in [0, 0.05) is 6.20 Å². The number of hydrogen-bond acceptors (Lipinski definition) is 5. The second-order valence-electron chi connectivity index (χ2n) is 3.35. The Kier molecular flexibility index (Phi) is 2.75. The molecule has 6 heteroatoms. The van der Waals surface area contributed by atoms with Crippen LogP contribution >= 0.6 is 0 Å². The number of rotatable bonds is 2. The quantitative estimate of drug-likeness (QED) is 0.721. The molecule has 0 saturated carbocycles. The highest BCUT2D eigenvalue weighted by atomic mass is 16.5. The molecule has 17 heavy (non-hydrogen) atoms. The molecule has 2 aromatic rings. The fourth-order valence-electron chi connectivity index (χ4n) is 1.68. The molecule has 86 valence electrons. The Balaban J connectivity index is 2.75. The molecule has 0 aliphatic rings. The van der Waals surface area contributed by atoms with Crippen molar-refractivity contribution in [3.63, 3.8) is 0 Å². The van der Waals surface area contributed by atoms with Crippen molar-refractivity contribution in [3.8, 4) is 6.07 Å². The maximum absolute atomic E-state index is 11.8. The van der Waals surface area contributed by atoms with Gasteiger partial charge in [0.2, 0.25) is 0 Å². The molecule has 0 saturated heterocycles. The molecule has 2 aromatic heterocycles. The first kappa shape index (κ1) is 11.1. The fourth-order valence-corrected chi connectivity index (χ4v) is 1.68. The van der Waals surface area contributed by atoms with Crippen LogP contribution in [0.2, 0.25) is 0 Å². The van der Waals surface area contributed by atoms with Gasteiger partial charge < -0.3 is 4.74 Å². The van der Waals surface area contributed by atoms with Gasteiger partial charge in [-0.1, -0.05) is 0 Å². The van der Waals surface area contributed by atoms with Crippen LogP contribution in [0.5, 0.6) is 0 Å². The largest absolute Gasteiger partial charge is 0.462 e. The molecule has 0 aliphatic carbocycles. The summed E-state index contributed by atoms with van der Waals surface area (Å²) < 4.78 is 6.38. The van der Waals surface area contributed by atoms with Crippen molar-refractivity contribution in [3.05, 3.63) is 29.2 Å². The lowest BCUT2D eigenvalue weighted by Gasteiger charge is -2.00. The van der Waals surface area contributed by atoms with Gasteiger partial charge in [-0.15, -0.1) is 0 Å². The van der Waals surface area contributed by atoms with E-state index in [1.807, 2.05) is 6.07 Å². The predicted octanol–water partition coefficient (Wildman–Crippen LogP) is 1.09. The Morgan fingerprint density at radius 1 is 1.59 bits per heavy atom. The molecule has 0 spiro atoms. The second-order valence-corrected chi connectivity index (χ2v) is 3.35. The summed E-state index contributed by atoms with van der Waals surface area (Å²) >= 11 is 0. The van der Waals surface area contributed by atoms with E-state index in [1.165, 1.54) is 16.9 Å². The van der Waals surface area contributed by atoms with Crippen molar-refractivity contribution in [2.45, 2.75) is 13.8 Å². The van der Waals surface area contributed by atoms with Crippen LogP contribution in [0, 0.1) is 18.3 Å². The average molecular weight is 230 g/mol. The van der Waals surface area contributed by atoms with Crippen LogP contribution in [0.15, 0.2) is 12.4 Å². The van der Waals surface area contributed by atoms with Crippen molar-refractivity contribution in [2.24, 2.45) is 0 Å². The topological polar surface area (TPSA) is 80.3 Å². The van der Waals surface area contributed by atoms with Crippen molar-refractivity contribution in [2.75, 3.05) is 6.61 Å². The first-order valence-electron chi connectivity index (χ1n) is 5.10. The van der Waals surface area contributed by atoms with Crippen LogP contribution in [0.25, 0.3) is 5.65 Å². The number of nitrogens with zero attached hydrogens (tertiary/aromatic N) is 4. The Bertz CT molecular complexity index is 624. The molecule has 2 rings (SSSR count). The smallest absolute Gasteiger partial charge is 0.341 e. The van der Waals surface area contributed by atoms with Crippen molar-refractivity contribution >= 4 is 11.6 Å². The molecule has 0 N–H and O–H groups in total. The van der Waals surface area contributed by atoms with E-state index in [2.05, 4.69) is 10.1 Å². The van der Waals surface area contributed by atoms with Crippen LogP contribution in [0.1, 0.15) is 28.5 Å². The van der Waals surface area contributed by atoms with Gasteiger partial charge in [0.1, 0.15) is 17.2 Å². The Hall–Kier alpha value is -2.42. The Morgan fingerprint density at radius 2 is 2.35 bits per heavy atom. The number of fused-ring (bicyclic) bond motifs is 1. The molecule has 0 aromatic carbocycles. The van der Waals surface area contributed by atoms with Crippen LogP contribution in [0.3, 0.4) is 0 Å². The van der Waals surface area contributed by atoms with Crippen LogP contribution in [-0.2, 0) is 4.74 Å². The lowest BCUT2D eigenvalue weighted by Crippen LogP contribution is -2.07. The SMILES string of the molecule is CCOC(=O)c1c(C#N)c2nccnn2c1C. The number of ether oxygens (including phenoxy) is 1. The van der Waals surface area contributed by atoms with Gasteiger partial charge in [0.25, 0.3) is 0 Å². The van der Waals surface area contributed by atoms with Gasteiger partial charge in [-0.2, -0.15) is 10.4 Å². The average Bonchev–Trinajstić information content (AvgIpc) is 2.63. The number of carbonyl (C=O) groups is 1. The molecule has 6 nitrogen and oxygen atoms in total. The van der Waals surface area contributed by atoms with E-state index in [0.29, 0.717) is 11.3 Å². The van der Waals surface area contributed by atoms with Gasteiger partial charge in [0.15, 0.2) is 5.65 Å². The highest BCUT2D eigenvalue weighted by Gasteiger charge is 2.23. The van der Waals surface area contributed by atoms with E-state index in [4.69, 9.17) is 10.00 Å². The highest BCUT2D eigenvalue weighted by Crippen LogP contribution is 2.20. The van der Waals surface area contributed by atoms with Crippen molar-refractivity contribution in [1.82, 2.24) is 14.6 Å². The Labute approximate surface area is 97.4 Å². The maximum atomic E-state index is 11.8. The summed E-state index contributed by atoms with van der Waals surface area (Å²) in [5.41, 5.74) is 1.37. The zero-order valence-electron chi connectivity index (χ0n) is 9.47. The maximum Gasteiger partial charge on any atom is 0.341 e. The third kappa shape index (κ3) is 1.61. The van der Waals surface area contributed by atoms with E-state index in [-0.39, 0.29) is 17.7 Å². The highest BCUT2D eigenvalue weighted by molar-refractivity contribution is 5.96. The zero-order chi connectivity index (χ0) is 12.4. The first-order valence-corrected chi connectivity index (χ1v) is 5.10. The lowest BCUT2D eigenvalue weighted by atomic mass is 10.1. The Morgan fingerprint density at radius 3 is 3.00 bits per heavy atom. The second kappa shape index (κ2) is 4.22. The minimum Gasteiger partial charge on any atom is -0.462 e. The minimum absolute atomic E-state index is 0.203. The number of hydrogen-bond donors (Lipinski definition) is 0. The van der Waals surface area contributed by atoms with Crippen LogP contribution in [0.4, 0.5) is 0 Å². The standard InChI is InChI=1S/C11H10N4O2/c1-3-17-11(16)9-7(2)15-10(8(9)6-12)13-4-5-14-15/h4-5H,3H2,1-2H3. The van der Waals surface area contributed by atoms with Crippen LogP contribution in [-0.4, -0.2) is 27.2 Å². The summed E-state index contributed by atoms with van der Waals surface area (Å²) in [6.07, 6.45) is 2.97. The van der Waals surface area contributed by atoms with Gasteiger partial charge in [-0.25, -0.2) is 14.3 Å². The van der Waals surface area contributed by atoms with E-state index in [1.54, 1.807) is 13.8 Å². The van der Waals surface area contributed by atoms with E-state index >= 15 is 0 Å². The molecule has 0 bridgehead atoms. The fraction of sp³-hybridized carbons (Fsp3) is 0.273. The molecule has 0 fully saturated rings. The lowest BCUT2D eigenvalue weighted by molar-refractivity contribution is 0.0525. The summed E-state index contributed by atoms with van der Waals surface area (Å²) in [4.78, 5) is 15.8. The monoisotopic (exact) mass is 230 g/mol. The molecule has 0 aliphatic heterocycles. The van der Waals surface area contributed by atoms with Crippen LogP contribution < -0.4 is 0 Å². The number of aryl methyl sites for hydroxylation is 1. The van der Waals surface area contributed by atoms with Gasteiger partial charge >= 0.3 is 5.97 Å². The molecule has 0 unspecified atom stereocenters. The summed E-state index contributed by atoms with van der Waals surface area (Å²) in [5.74, 6) is -0.520. The number of esters is 1.